The Morgan fingerprint density at radius 1 is 1.50 bits per heavy atom. The number of nitrogens with zero attached hydrogens (tertiary/aromatic N) is 2. The van der Waals surface area contributed by atoms with Gasteiger partial charge in [-0.2, -0.15) is 4.98 Å². The van der Waals surface area contributed by atoms with Crippen molar-refractivity contribution in [3.63, 3.8) is 0 Å². The molecule has 1 N–H and O–H groups in total. The molecule has 0 aliphatic carbocycles. The number of carboxylic acids is 1. The summed E-state index contributed by atoms with van der Waals surface area (Å²) in [6, 6.07) is 3.12. The van der Waals surface area contributed by atoms with Crippen LogP contribution in [0.1, 0.15) is 27.5 Å². The number of rotatable bonds is 3. The number of hydrogen-bond donors (Lipinski definition) is 1. The molecule has 0 aliphatic heterocycles. The van der Waals surface area contributed by atoms with Gasteiger partial charge in [0.15, 0.2) is 0 Å². The van der Waals surface area contributed by atoms with E-state index in [0.717, 1.165) is 0 Å². The maximum atomic E-state index is 11.7. The van der Waals surface area contributed by atoms with Gasteiger partial charge in [-0.1, -0.05) is 0 Å². The first-order valence-electron chi connectivity index (χ1n) is 5.34. The van der Waals surface area contributed by atoms with Crippen molar-refractivity contribution in [2.75, 3.05) is 0 Å². The fraction of sp³-hybridized carbons (Fsp3) is 0.250. The molecule has 2 heterocycles. The predicted molar refractivity (Wildman–Crippen MR) is 62.7 cm³/mol. The van der Waals surface area contributed by atoms with E-state index in [1.165, 1.54) is 16.9 Å². The molecule has 2 rings (SSSR count). The van der Waals surface area contributed by atoms with Crippen LogP contribution in [0.15, 0.2) is 27.6 Å². The van der Waals surface area contributed by atoms with E-state index in [9.17, 15) is 9.59 Å². The third kappa shape index (κ3) is 2.17. The molecule has 0 spiro atoms. The summed E-state index contributed by atoms with van der Waals surface area (Å²) in [5.41, 5.74) is 0.981. The van der Waals surface area contributed by atoms with Crippen LogP contribution in [0, 0.1) is 13.8 Å². The fourth-order valence-electron chi connectivity index (χ4n) is 1.76. The Morgan fingerprint density at radius 2 is 2.22 bits per heavy atom. The number of aromatic nitrogens is 2. The van der Waals surface area contributed by atoms with Gasteiger partial charge in [0.1, 0.15) is 11.3 Å². The maximum Gasteiger partial charge on any atom is 0.348 e. The molecule has 0 atom stereocenters. The fourth-order valence-corrected chi connectivity index (χ4v) is 1.76. The van der Waals surface area contributed by atoms with Gasteiger partial charge in [0.25, 0.3) is 0 Å². The van der Waals surface area contributed by atoms with E-state index >= 15 is 0 Å². The van der Waals surface area contributed by atoms with Crippen molar-refractivity contribution in [2.24, 2.45) is 0 Å². The minimum Gasteiger partial charge on any atom is -0.478 e. The summed E-state index contributed by atoms with van der Waals surface area (Å²) in [6.45, 7) is 3.56. The van der Waals surface area contributed by atoms with E-state index in [1.54, 1.807) is 19.9 Å². The number of carboxylic acid groups (broad SMARTS) is 1. The lowest BCUT2D eigenvalue weighted by atomic mass is 10.2. The van der Waals surface area contributed by atoms with E-state index in [4.69, 9.17) is 9.52 Å². The molecule has 0 radical (unpaired) electrons. The van der Waals surface area contributed by atoms with Crippen LogP contribution in [-0.4, -0.2) is 20.6 Å². The number of aryl methyl sites for hydroxylation is 2. The molecule has 0 amide bonds. The molecule has 18 heavy (non-hydrogen) atoms. The number of hydrogen-bond acceptors (Lipinski definition) is 4. The first-order valence-corrected chi connectivity index (χ1v) is 5.34. The topological polar surface area (TPSA) is 85.3 Å². The molecule has 0 saturated heterocycles. The highest BCUT2D eigenvalue weighted by molar-refractivity contribution is 5.88. The van der Waals surface area contributed by atoms with Crippen molar-refractivity contribution >= 4 is 5.97 Å². The Kier molecular flexibility index (Phi) is 3.01. The zero-order valence-electron chi connectivity index (χ0n) is 10.0. The minimum atomic E-state index is -1.08. The van der Waals surface area contributed by atoms with E-state index in [-0.39, 0.29) is 17.9 Å². The maximum absolute atomic E-state index is 11.7. The van der Waals surface area contributed by atoms with Gasteiger partial charge in [-0.3, -0.25) is 4.57 Å². The van der Waals surface area contributed by atoms with Crippen LogP contribution >= 0.6 is 0 Å². The zero-order chi connectivity index (χ0) is 13.3. The van der Waals surface area contributed by atoms with Crippen molar-refractivity contribution in [2.45, 2.75) is 20.4 Å². The lowest BCUT2D eigenvalue weighted by molar-refractivity contribution is 0.0694. The van der Waals surface area contributed by atoms with Gasteiger partial charge in [-0.25, -0.2) is 9.59 Å². The molecule has 2 aromatic heterocycles. The first kappa shape index (κ1) is 12.1. The van der Waals surface area contributed by atoms with Crippen molar-refractivity contribution in [3.8, 4) is 0 Å². The molecule has 2 aromatic rings. The summed E-state index contributed by atoms with van der Waals surface area (Å²) in [5.74, 6) is -0.845. The highest BCUT2D eigenvalue weighted by atomic mass is 16.4. The van der Waals surface area contributed by atoms with Crippen LogP contribution in [0.5, 0.6) is 0 Å². The predicted octanol–water partition coefficient (Wildman–Crippen LogP) is 1.20. The quantitative estimate of drug-likeness (QED) is 0.882. The normalized spacial score (nSPS) is 10.6. The SMILES string of the molecule is Cc1cc(C)n(Cc2occc2C(=O)O)c(=O)n1. The lowest BCUT2D eigenvalue weighted by Gasteiger charge is -2.08. The average molecular weight is 248 g/mol. The molecule has 0 bridgehead atoms. The monoisotopic (exact) mass is 248 g/mol. The Bertz CT molecular complexity index is 654. The Balaban J connectivity index is 2.44. The molecular formula is C12H12N2O4. The molecule has 94 valence electrons. The standard InChI is InChI=1S/C12H12N2O4/c1-7-5-8(2)14(12(17)13-7)6-10-9(11(15)16)3-4-18-10/h3-5H,6H2,1-2H3,(H,15,16). The summed E-state index contributed by atoms with van der Waals surface area (Å²) in [7, 11) is 0. The van der Waals surface area contributed by atoms with Gasteiger partial charge in [0, 0.05) is 11.4 Å². The summed E-state index contributed by atoms with van der Waals surface area (Å²) in [5, 5.41) is 8.95. The van der Waals surface area contributed by atoms with Crippen molar-refractivity contribution in [3.05, 3.63) is 51.6 Å². The Hall–Kier alpha value is -2.37. The van der Waals surface area contributed by atoms with Crippen molar-refractivity contribution < 1.29 is 14.3 Å². The van der Waals surface area contributed by atoms with Gasteiger partial charge in [-0.05, 0) is 26.0 Å². The second-order valence-electron chi connectivity index (χ2n) is 3.97. The summed E-state index contributed by atoms with van der Waals surface area (Å²) >= 11 is 0. The van der Waals surface area contributed by atoms with Gasteiger partial charge in [-0.15, -0.1) is 0 Å². The van der Waals surface area contributed by atoms with Gasteiger partial charge in [0.05, 0.1) is 12.8 Å². The molecule has 0 saturated carbocycles. The van der Waals surface area contributed by atoms with Crippen LogP contribution in [0.4, 0.5) is 0 Å². The minimum absolute atomic E-state index is 0.0573. The third-order valence-corrected chi connectivity index (χ3v) is 2.62. The van der Waals surface area contributed by atoms with Crippen LogP contribution in [0.25, 0.3) is 0 Å². The van der Waals surface area contributed by atoms with E-state index in [1.807, 2.05) is 0 Å². The largest absolute Gasteiger partial charge is 0.478 e. The lowest BCUT2D eigenvalue weighted by Crippen LogP contribution is -2.26. The van der Waals surface area contributed by atoms with E-state index in [2.05, 4.69) is 4.98 Å². The molecular weight excluding hydrogens is 236 g/mol. The highest BCUT2D eigenvalue weighted by Crippen LogP contribution is 2.12. The van der Waals surface area contributed by atoms with Gasteiger partial charge in [0.2, 0.25) is 0 Å². The zero-order valence-corrected chi connectivity index (χ0v) is 10.0. The third-order valence-electron chi connectivity index (χ3n) is 2.62. The van der Waals surface area contributed by atoms with Gasteiger partial charge < -0.3 is 9.52 Å². The molecule has 0 unspecified atom stereocenters. The first-order chi connectivity index (χ1) is 8.49. The number of furan rings is 1. The highest BCUT2D eigenvalue weighted by Gasteiger charge is 2.15. The molecule has 0 fully saturated rings. The van der Waals surface area contributed by atoms with Crippen LogP contribution in [-0.2, 0) is 6.54 Å². The summed E-state index contributed by atoms with van der Waals surface area (Å²) in [6.07, 6.45) is 1.29. The van der Waals surface area contributed by atoms with Crippen LogP contribution in [0.2, 0.25) is 0 Å². The summed E-state index contributed by atoms with van der Waals surface area (Å²) in [4.78, 5) is 26.5. The second kappa shape index (κ2) is 4.48. The molecule has 0 aromatic carbocycles. The van der Waals surface area contributed by atoms with Crippen molar-refractivity contribution in [1.82, 2.24) is 9.55 Å². The van der Waals surface area contributed by atoms with Crippen molar-refractivity contribution in [1.29, 1.82) is 0 Å². The summed E-state index contributed by atoms with van der Waals surface area (Å²) < 4.78 is 6.48. The Labute approximate surface area is 103 Å². The second-order valence-corrected chi connectivity index (χ2v) is 3.97. The van der Waals surface area contributed by atoms with Crippen LogP contribution < -0.4 is 5.69 Å². The number of carbonyl (C=O) groups is 1. The number of aromatic carboxylic acids is 1. The molecule has 6 heteroatoms. The smallest absolute Gasteiger partial charge is 0.348 e. The van der Waals surface area contributed by atoms with Crippen LogP contribution in [0.3, 0.4) is 0 Å². The Morgan fingerprint density at radius 3 is 2.83 bits per heavy atom. The molecule has 6 nitrogen and oxygen atoms in total. The van der Waals surface area contributed by atoms with E-state index in [0.29, 0.717) is 11.4 Å². The molecule has 0 aliphatic rings. The average Bonchev–Trinajstić information content (AvgIpc) is 2.71. The van der Waals surface area contributed by atoms with E-state index < -0.39 is 11.7 Å². The van der Waals surface area contributed by atoms with Gasteiger partial charge >= 0.3 is 11.7 Å².